The fourth-order valence-corrected chi connectivity index (χ4v) is 3.19. The van der Waals surface area contributed by atoms with Crippen molar-refractivity contribution in [2.75, 3.05) is 6.54 Å². The standard InChI is InChI=1S/C15H24BrNS/c1-11(2)14(10-17-15(3,4)5)18-13-9-7-6-8-12(13)16/h6-9,11,14,17H,10H2,1-5H3. The van der Waals surface area contributed by atoms with E-state index in [0.717, 1.165) is 6.54 Å². The largest absolute Gasteiger partial charge is 0.311 e. The molecule has 1 rings (SSSR count). The molecule has 0 heterocycles. The molecule has 1 nitrogen and oxygen atoms in total. The SMILES string of the molecule is CC(C)C(CNC(C)(C)C)Sc1ccccc1Br. The molecule has 0 fully saturated rings. The van der Waals surface area contributed by atoms with Crippen LogP contribution in [0.2, 0.25) is 0 Å². The van der Waals surface area contributed by atoms with Crippen LogP contribution < -0.4 is 5.32 Å². The summed E-state index contributed by atoms with van der Waals surface area (Å²) in [5, 5.41) is 4.19. The van der Waals surface area contributed by atoms with Gasteiger partial charge in [-0.1, -0.05) is 26.0 Å². The topological polar surface area (TPSA) is 12.0 Å². The third-order valence-electron chi connectivity index (χ3n) is 2.69. The predicted molar refractivity (Wildman–Crippen MR) is 86.4 cm³/mol. The number of hydrogen-bond acceptors (Lipinski definition) is 2. The summed E-state index contributed by atoms with van der Waals surface area (Å²) in [4.78, 5) is 1.33. The highest BCUT2D eigenvalue weighted by molar-refractivity contribution is 9.10. The smallest absolute Gasteiger partial charge is 0.0311 e. The van der Waals surface area contributed by atoms with E-state index in [2.05, 4.69) is 80.1 Å². The van der Waals surface area contributed by atoms with E-state index in [4.69, 9.17) is 0 Å². The Kier molecular flexibility index (Phi) is 6.22. The quantitative estimate of drug-likeness (QED) is 0.766. The average molecular weight is 330 g/mol. The van der Waals surface area contributed by atoms with Gasteiger partial charge in [0.05, 0.1) is 0 Å². The Morgan fingerprint density at radius 2 is 1.83 bits per heavy atom. The number of hydrogen-bond donors (Lipinski definition) is 1. The van der Waals surface area contributed by atoms with Crippen LogP contribution in [0.15, 0.2) is 33.6 Å². The number of benzene rings is 1. The molecule has 0 amide bonds. The van der Waals surface area contributed by atoms with Crippen molar-refractivity contribution in [3.8, 4) is 0 Å². The zero-order valence-electron chi connectivity index (χ0n) is 12.0. The molecular weight excluding hydrogens is 306 g/mol. The zero-order chi connectivity index (χ0) is 13.8. The molecule has 0 aliphatic rings. The number of rotatable bonds is 5. The third kappa shape index (κ3) is 5.77. The maximum absolute atomic E-state index is 3.62. The van der Waals surface area contributed by atoms with Crippen LogP contribution in [0.4, 0.5) is 0 Å². The van der Waals surface area contributed by atoms with Crippen molar-refractivity contribution in [1.29, 1.82) is 0 Å². The first-order chi connectivity index (χ1) is 8.29. The summed E-state index contributed by atoms with van der Waals surface area (Å²) in [5.74, 6) is 0.650. The fraction of sp³-hybridized carbons (Fsp3) is 0.600. The van der Waals surface area contributed by atoms with Gasteiger partial charge >= 0.3 is 0 Å². The molecule has 1 atom stereocenters. The lowest BCUT2D eigenvalue weighted by Gasteiger charge is -2.27. The van der Waals surface area contributed by atoms with Crippen LogP contribution in [0.1, 0.15) is 34.6 Å². The van der Waals surface area contributed by atoms with Gasteiger partial charge in [0, 0.05) is 26.7 Å². The Balaban J connectivity index is 2.67. The zero-order valence-corrected chi connectivity index (χ0v) is 14.4. The minimum Gasteiger partial charge on any atom is -0.311 e. The van der Waals surface area contributed by atoms with Crippen LogP contribution in [0, 0.1) is 5.92 Å². The van der Waals surface area contributed by atoms with Crippen LogP contribution >= 0.6 is 27.7 Å². The first kappa shape index (κ1) is 16.1. The number of halogens is 1. The van der Waals surface area contributed by atoms with Crippen LogP contribution in [0.5, 0.6) is 0 Å². The van der Waals surface area contributed by atoms with Gasteiger partial charge < -0.3 is 5.32 Å². The van der Waals surface area contributed by atoms with Gasteiger partial charge in [-0.25, -0.2) is 0 Å². The molecule has 3 heteroatoms. The van der Waals surface area contributed by atoms with Gasteiger partial charge in [0.25, 0.3) is 0 Å². The van der Waals surface area contributed by atoms with Gasteiger partial charge in [0.15, 0.2) is 0 Å². The monoisotopic (exact) mass is 329 g/mol. The highest BCUT2D eigenvalue weighted by Gasteiger charge is 2.19. The van der Waals surface area contributed by atoms with E-state index in [1.807, 2.05) is 11.8 Å². The van der Waals surface area contributed by atoms with Crippen molar-refractivity contribution in [2.45, 2.75) is 50.3 Å². The second kappa shape index (κ2) is 6.97. The molecule has 0 aliphatic heterocycles. The summed E-state index contributed by atoms with van der Waals surface area (Å²) in [6.45, 7) is 12.3. The van der Waals surface area contributed by atoms with Crippen LogP contribution in [0.25, 0.3) is 0 Å². The summed E-state index contributed by atoms with van der Waals surface area (Å²) in [6, 6.07) is 8.45. The summed E-state index contributed by atoms with van der Waals surface area (Å²) in [6.07, 6.45) is 0. The van der Waals surface area contributed by atoms with Crippen molar-refractivity contribution in [1.82, 2.24) is 5.32 Å². The van der Waals surface area contributed by atoms with E-state index in [1.54, 1.807) is 0 Å². The molecule has 0 radical (unpaired) electrons. The molecule has 1 unspecified atom stereocenters. The van der Waals surface area contributed by atoms with Gasteiger partial charge in [-0.3, -0.25) is 0 Å². The molecule has 0 saturated heterocycles. The second-order valence-electron chi connectivity index (χ2n) is 5.96. The lowest BCUT2D eigenvalue weighted by molar-refractivity contribution is 0.408. The van der Waals surface area contributed by atoms with E-state index in [9.17, 15) is 0 Å². The highest BCUT2D eigenvalue weighted by Crippen LogP contribution is 2.33. The maximum Gasteiger partial charge on any atom is 0.0311 e. The van der Waals surface area contributed by atoms with E-state index in [0.29, 0.717) is 11.2 Å². The maximum atomic E-state index is 3.62. The molecule has 1 aromatic rings. The Morgan fingerprint density at radius 1 is 1.22 bits per heavy atom. The third-order valence-corrected chi connectivity index (χ3v) is 5.27. The molecular formula is C15H24BrNS. The summed E-state index contributed by atoms with van der Waals surface area (Å²) >= 11 is 5.58. The number of nitrogens with one attached hydrogen (secondary N) is 1. The van der Waals surface area contributed by atoms with Crippen molar-refractivity contribution >= 4 is 27.7 Å². The number of thioether (sulfide) groups is 1. The molecule has 0 aliphatic carbocycles. The van der Waals surface area contributed by atoms with E-state index >= 15 is 0 Å². The van der Waals surface area contributed by atoms with Crippen molar-refractivity contribution in [3.05, 3.63) is 28.7 Å². The minimum absolute atomic E-state index is 0.182. The Hall–Kier alpha value is 0.01000. The molecule has 0 aromatic heterocycles. The first-order valence-corrected chi connectivity index (χ1v) is 8.13. The van der Waals surface area contributed by atoms with E-state index in [1.165, 1.54) is 9.37 Å². The Labute approximate surface area is 124 Å². The Morgan fingerprint density at radius 3 is 2.33 bits per heavy atom. The van der Waals surface area contributed by atoms with Gasteiger partial charge in [-0.05, 0) is 54.8 Å². The Bertz CT molecular complexity index is 371. The first-order valence-electron chi connectivity index (χ1n) is 6.46. The molecule has 0 spiro atoms. The fourth-order valence-electron chi connectivity index (χ4n) is 1.52. The summed E-state index contributed by atoms with van der Waals surface area (Å²) in [7, 11) is 0. The molecule has 1 aromatic carbocycles. The predicted octanol–water partition coefficient (Wildman–Crippen LogP) is 4.95. The van der Waals surface area contributed by atoms with Crippen LogP contribution in [-0.4, -0.2) is 17.3 Å². The minimum atomic E-state index is 0.182. The summed E-state index contributed by atoms with van der Waals surface area (Å²) < 4.78 is 1.19. The normalized spacial score (nSPS) is 13.9. The van der Waals surface area contributed by atoms with Crippen molar-refractivity contribution < 1.29 is 0 Å². The summed E-state index contributed by atoms with van der Waals surface area (Å²) in [5.41, 5.74) is 0.182. The molecule has 0 saturated carbocycles. The highest BCUT2D eigenvalue weighted by atomic mass is 79.9. The molecule has 102 valence electrons. The van der Waals surface area contributed by atoms with Gasteiger partial charge in [0.1, 0.15) is 0 Å². The van der Waals surface area contributed by atoms with Gasteiger partial charge in [-0.2, -0.15) is 0 Å². The van der Waals surface area contributed by atoms with Gasteiger partial charge in [-0.15, -0.1) is 11.8 Å². The van der Waals surface area contributed by atoms with E-state index < -0.39 is 0 Å². The van der Waals surface area contributed by atoms with Crippen LogP contribution in [0.3, 0.4) is 0 Å². The van der Waals surface area contributed by atoms with E-state index in [-0.39, 0.29) is 5.54 Å². The average Bonchev–Trinajstić information content (AvgIpc) is 2.24. The lowest BCUT2D eigenvalue weighted by atomic mass is 10.1. The van der Waals surface area contributed by atoms with Crippen molar-refractivity contribution in [3.63, 3.8) is 0 Å². The molecule has 18 heavy (non-hydrogen) atoms. The van der Waals surface area contributed by atoms with Crippen LogP contribution in [-0.2, 0) is 0 Å². The molecule has 1 N–H and O–H groups in total. The van der Waals surface area contributed by atoms with Gasteiger partial charge in [0.2, 0.25) is 0 Å². The van der Waals surface area contributed by atoms with Crippen molar-refractivity contribution in [2.24, 2.45) is 5.92 Å². The molecule has 0 bridgehead atoms. The second-order valence-corrected chi connectivity index (χ2v) is 8.10. The lowest BCUT2D eigenvalue weighted by Crippen LogP contribution is -2.41.